The summed E-state index contributed by atoms with van der Waals surface area (Å²) in [7, 11) is 0. The van der Waals surface area contributed by atoms with E-state index < -0.39 is 0 Å². The topological polar surface area (TPSA) is 47.4 Å². The molecule has 1 atom stereocenters. The summed E-state index contributed by atoms with van der Waals surface area (Å²) in [6, 6.07) is 20.0. The molecular weight excluding hydrogens is 426 g/mol. The average Bonchev–Trinajstić information content (AvgIpc) is 3.53. The predicted octanol–water partition coefficient (Wildman–Crippen LogP) is 4.92. The summed E-state index contributed by atoms with van der Waals surface area (Å²) < 4.78 is 8.13. The largest absolute Gasteiger partial charge is 0.376 e. The SMILES string of the molecule is O=C1/C(=C/c2cn(-c3ccccc3)nc2-c2ccccc2)SC(=S)N1C[C@H]1CCCO1. The van der Waals surface area contributed by atoms with Gasteiger partial charge in [-0.3, -0.25) is 9.69 Å². The van der Waals surface area contributed by atoms with Gasteiger partial charge in [-0.05, 0) is 31.1 Å². The Balaban J connectivity index is 1.50. The van der Waals surface area contributed by atoms with E-state index in [9.17, 15) is 4.79 Å². The molecule has 3 aromatic rings. The quantitative estimate of drug-likeness (QED) is 0.410. The summed E-state index contributed by atoms with van der Waals surface area (Å²) in [5, 5.41) is 4.82. The highest BCUT2D eigenvalue weighted by Gasteiger charge is 2.34. The van der Waals surface area contributed by atoms with Crippen LogP contribution < -0.4 is 0 Å². The van der Waals surface area contributed by atoms with Crippen LogP contribution in [-0.2, 0) is 9.53 Å². The van der Waals surface area contributed by atoms with E-state index in [-0.39, 0.29) is 12.0 Å². The van der Waals surface area contributed by atoms with Gasteiger partial charge in [0.2, 0.25) is 0 Å². The molecule has 0 aliphatic carbocycles. The van der Waals surface area contributed by atoms with E-state index in [2.05, 4.69) is 0 Å². The van der Waals surface area contributed by atoms with Gasteiger partial charge in [0.15, 0.2) is 0 Å². The summed E-state index contributed by atoms with van der Waals surface area (Å²) in [4.78, 5) is 15.4. The minimum Gasteiger partial charge on any atom is -0.376 e. The lowest BCUT2D eigenvalue weighted by atomic mass is 10.1. The van der Waals surface area contributed by atoms with Crippen LogP contribution in [0.25, 0.3) is 23.0 Å². The number of nitrogens with zero attached hydrogens (tertiary/aromatic N) is 3. The van der Waals surface area contributed by atoms with Crippen molar-refractivity contribution in [2.24, 2.45) is 0 Å². The molecule has 5 nitrogen and oxygen atoms in total. The third-order valence-corrected chi connectivity index (χ3v) is 6.76. The summed E-state index contributed by atoms with van der Waals surface area (Å²) in [5.74, 6) is -0.0584. The maximum atomic E-state index is 13.1. The van der Waals surface area contributed by atoms with Crippen molar-refractivity contribution < 1.29 is 9.53 Å². The number of hydrogen-bond acceptors (Lipinski definition) is 5. The Bertz CT molecular complexity index is 1140. The van der Waals surface area contributed by atoms with Crippen molar-refractivity contribution in [1.82, 2.24) is 14.7 Å². The zero-order valence-corrected chi connectivity index (χ0v) is 18.4. The fourth-order valence-corrected chi connectivity index (χ4v) is 5.08. The van der Waals surface area contributed by atoms with Gasteiger partial charge in [0.05, 0.1) is 28.9 Å². The van der Waals surface area contributed by atoms with Crippen molar-refractivity contribution in [3.8, 4) is 16.9 Å². The minimum absolute atomic E-state index is 0.0584. The van der Waals surface area contributed by atoms with Crippen molar-refractivity contribution in [1.29, 1.82) is 0 Å². The van der Waals surface area contributed by atoms with Crippen molar-refractivity contribution in [3.05, 3.63) is 77.3 Å². The zero-order valence-electron chi connectivity index (χ0n) is 16.8. The number of carbonyl (C=O) groups excluding carboxylic acids is 1. The Kier molecular flexibility index (Phi) is 5.72. The molecule has 2 aliphatic heterocycles. The molecule has 3 heterocycles. The summed E-state index contributed by atoms with van der Waals surface area (Å²) in [6.45, 7) is 1.28. The number of rotatable bonds is 5. The Morgan fingerprint density at radius 1 is 1.13 bits per heavy atom. The molecule has 2 saturated heterocycles. The smallest absolute Gasteiger partial charge is 0.266 e. The third-order valence-electron chi connectivity index (χ3n) is 5.38. The predicted molar refractivity (Wildman–Crippen MR) is 128 cm³/mol. The van der Waals surface area contributed by atoms with Crippen LogP contribution in [0.3, 0.4) is 0 Å². The van der Waals surface area contributed by atoms with Crippen molar-refractivity contribution in [2.75, 3.05) is 13.2 Å². The summed E-state index contributed by atoms with van der Waals surface area (Å²) in [5.41, 5.74) is 3.67. The first-order valence-electron chi connectivity index (χ1n) is 10.3. The van der Waals surface area contributed by atoms with Gasteiger partial charge in [0.1, 0.15) is 4.32 Å². The van der Waals surface area contributed by atoms with E-state index in [0.717, 1.165) is 42.0 Å². The highest BCUT2D eigenvalue weighted by atomic mass is 32.2. The molecule has 0 radical (unpaired) electrons. The molecule has 0 N–H and O–H groups in total. The first kappa shape index (κ1) is 20.2. The Labute approximate surface area is 190 Å². The number of thioether (sulfide) groups is 1. The second-order valence-corrected chi connectivity index (χ2v) is 9.18. The van der Waals surface area contributed by atoms with Crippen molar-refractivity contribution in [3.63, 3.8) is 0 Å². The van der Waals surface area contributed by atoms with Gasteiger partial charge in [-0.25, -0.2) is 4.68 Å². The number of carbonyl (C=O) groups is 1. The Hall–Kier alpha value is -2.74. The van der Waals surface area contributed by atoms with Gasteiger partial charge in [-0.2, -0.15) is 5.10 Å². The first-order chi connectivity index (χ1) is 15.2. The lowest BCUT2D eigenvalue weighted by Gasteiger charge is -2.18. The number of hydrogen-bond donors (Lipinski definition) is 0. The molecule has 0 saturated carbocycles. The lowest BCUT2D eigenvalue weighted by molar-refractivity contribution is -0.123. The fraction of sp³-hybridized carbons (Fsp3) is 0.208. The first-order valence-corrected chi connectivity index (χ1v) is 11.5. The molecule has 7 heteroatoms. The number of ether oxygens (including phenoxy) is 1. The second-order valence-electron chi connectivity index (χ2n) is 7.51. The maximum absolute atomic E-state index is 13.1. The van der Waals surface area contributed by atoms with E-state index in [0.29, 0.717) is 15.8 Å². The molecule has 2 aliphatic rings. The molecule has 0 unspecified atom stereocenters. The molecule has 31 heavy (non-hydrogen) atoms. The van der Waals surface area contributed by atoms with Crippen LogP contribution in [0.1, 0.15) is 18.4 Å². The number of thiocarbonyl (C=S) groups is 1. The van der Waals surface area contributed by atoms with Crippen LogP contribution in [0.15, 0.2) is 71.8 Å². The Morgan fingerprint density at radius 2 is 1.87 bits per heavy atom. The fourth-order valence-electron chi connectivity index (χ4n) is 3.82. The van der Waals surface area contributed by atoms with Crippen molar-refractivity contribution >= 4 is 40.3 Å². The van der Waals surface area contributed by atoms with Crippen LogP contribution in [0, 0.1) is 0 Å². The molecule has 2 fully saturated rings. The number of para-hydroxylation sites is 1. The van der Waals surface area contributed by atoms with E-state index in [1.807, 2.05) is 77.6 Å². The second kappa shape index (κ2) is 8.78. The van der Waals surface area contributed by atoms with Crippen LogP contribution in [0.2, 0.25) is 0 Å². The zero-order chi connectivity index (χ0) is 21.2. The number of benzene rings is 2. The van der Waals surface area contributed by atoms with E-state index >= 15 is 0 Å². The lowest BCUT2D eigenvalue weighted by Crippen LogP contribution is -2.35. The van der Waals surface area contributed by atoms with Gasteiger partial charge in [-0.15, -0.1) is 0 Å². The van der Waals surface area contributed by atoms with Crippen LogP contribution in [0.4, 0.5) is 0 Å². The molecule has 0 bridgehead atoms. The van der Waals surface area contributed by atoms with E-state index in [1.54, 1.807) is 4.90 Å². The molecule has 2 aromatic carbocycles. The molecule has 0 spiro atoms. The molecule has 156 valence electrons. The molecule has 1 aromatic heterocycles. The van der Waals surface area contributed by atoms with Gasteiger partial charge in [0, 0.05) is 23.9 Å². The van der Waals surface area contributed by atoms with Crippen LogP contribution in [-0.4, -0.2) is 44.2 Å². The van der Waals surface area contributed by atoms with Gasteiger partial charge >= 0.3 is 0 Å². The highest BCUT2D eigenvalue weighted by Crippen LogP contribution is 2.35. The van der Waals surface area contributed by atoms with Gasteiger partial charge < -0.3 is 4.74 Å². The standard InChI is InChI=1S/C24H21N3O2S2/c28-23-21(31-24(30)26(23)16-20-12-7-13-29-20)14-18-15-27(19-10-5-2-6-11-19)25-22(18)17-8-3-1-4-9-17/h1-6,8-11,14-15,20H,7,12-13,16H2/b21-14-/t20-/m1/s1. The van der Waals surface area contributed by atoms with Gasteiger partial charge in [-0.1, -0.05) is 72.5 Å². The highest BCUT2D eigenvalue weighted by molar-refractivity contribution is 8.26. The molecule has 5 rings (SSSR count). The summed E-state index contributed by atoms with van der Waals surface area (Å²) >= 11 is 6.85. The monoisotopic (exact) mass is 447 g/mol. The summed E-state index contributed by atoms with van der Waals surface area (Å²) in [6.07, 6.45) is 5.95. The van der Waals surface area contributed by atoms with Gasteiger partial charge in [0.25, 0.3) is 5.91 Å². The maximum Gasteiger partial charge on any atom is 0.266 e. The molecular formula is C24H21N3O2S2. The van der Waals surface area contributed by atoms with E-state index in [4.69, 9.17) is 22.1 Å². The number of aromatic nitrogens is 2. The van der Waals surface area contributed by atoms with Crippen molar-refractivity contribution in [2.45, 2.75) is 18.9 Å². The average molecular weight is 448 g/mol. The minimum atomic E-state index is -0.0584. The van der Waals surface area contributed by atoms with Crippen LogP contribution in [0.5, 0.6) is 0 Å². The third kappa shape index (κ3) is 4.21. The number of amides is 1. The Morgan fingerprint density at radius 3 is 2.58 bits per heavy atom. The van der Waals surface area contributed by atoms with Crippen LogP contribution >= 0.6 is 24.0 Å². The molecule has 1 amide bonds. The van der Waals surface area contributed by atoms with E-state index in [1.165, 1.54) is 11.8 Å². The normalized spacial score (nSPS) is 20.2.